The third-order valence-corrected chi connectivity index (χ3v) is 3.63. The van der Waals surface area contributed by atoms with Gasteiger partial charge in [0.15, 0.2) is 0 Å². The Kier molecular flexibility index (Phi) is 3.63. The van der Waals surface area contributed by atoms with E-state index in [1.807, 2.05) is 7.05 Å². The highest BCUT2D eigenvalue weighted by Gasteiger charge is 2.40. The van der Waals surface area contributed by atoms with Gasteiger partial charge in [-0.15, -0.1) is 0 Å². The van der Waals surface area contributed by atoms with Crippen LogP contribution in [0.1, 0.15) is 12.8 Å². The van der Waals surface area contributed by atoms with Gasteiger partial charge in [-0.3, -0.25) is 9.59 Å². The fourth-order valence-electron chi connectivity index (χ4n) is 2.62. The number of primary amides is 1. The molecule has 3 atom stereocenters. The smallest absolute Gasteiger partial charge is 0.240 e. The standard InChI is InChI=1S/C11H19N3O3/c1-13-8-6-17-5-7(8)11(16)14-4-2-3-9(14)10(12)15/h7-9,13H,2-6H2,1H3,(H2,12,15). The minimum absolute atomic E-state index is 0.0110. The molecule has 0 aromatic carbocycles. The van der Waals surface area contributed by atoms with E-state index >= 15 is 0 Å². The van der Waals surface area contributed by atoms with Crippen molar-refractivity contribution in [2.75, 3.05) is 26.8 Å². The lowest BCUT2D eigenvalue weighted by Gasteiger charge is -2.27. The summed E-state index contributed by atoms with van der Waals surface area (Å²) in [6.07, 6.45) is 1.52. The molecule has 2 rings (SSSR count). The summed E-state index contributed by atoms with van der Waals surface area (Å²) >= 11 is 0. The normalized spacial score (nSPS) is 33.0. The minimum Gasteiger partial charge on any atom is -0.379 e. The number of likely N-dealkylation sites (tertiary alicyclic amines) is 1. The lowest BCUT2D eigenvalue weighted by molar-refractivity contribution is -0.141. The Morgan fingerprint density at radius 1 is 1.41 bits per heavy atom. The molecule has 17 heavy (non-hydrogen) atoms. The molecule has 6 heteroatoms. The van der Waals surface area contributed by atoms with E-state index in [9.17, 15) is 9.59 Å². The number of hydrogen-bond acceptors (Lipinski definition) is 4. The van der Waals surface area contributed by atoms with E-state index in [0.717, 1.165) is 6.42 Å². The van der Waals surface area contributed by atoms with Gasteiger partial charge >= 0.3 is 0 Å². The number of nitrogens with two attached hydrogens (primary N) is 1. The lowest BCUT2D eigenvalue weighted by Crippen LogP contribution is -2.50. The molecular weight excluding hydrogens is 222 g/mol. The van der Waals surface area contributed by atoms with Crippen molar-refractivity contribution in [3.8, 4) is 0 Å². The topological polar surface area (TPSA) is 84.7 Å². The highest BCUT2D eigenvalue weighted by Crippen LogP contribution is 2.23. The van der Waals surface area contributed by atoms with E-state index in [0.29, 0.717) is 26.2 Å². The Hall–Kier alpha value is -1.14. The Bertz CT molecular complexity index is 321. The molecule has 3 N–H and O–H groups in total. The van der Waals surface area contributed by atoms with Gasteiger partial charge in [0.1, 0.15) is 6.04 Å². The van der Waals surface area contributed by atoms with Crippen LogP contribution in [0.2, 0.25) is 0 Å². The van der Waals surface area contributed by atoms with Gasteiger partial charge in [-0.2, -0.15) is 0 Å². The molecule has 0 radical (unpaired) electrons. The van der Waals surface area contributed by atoms with Gasteiger partial charge in [0.05, 0.1) is 19.1 Å². The fourth-order valence-corrected chi connectivity index (χ4v) is 2.62. The highest BCUT2D eigenvalue weighted by molar-refractivity contribution is 5.88. The molecule has 2 heterocycles. The van der Waals surface area contributed by atoms with Crippen LogP contribution < -0.4 is 11.1 Å². The van der Waals surface area contributed by atoms with Crippen LogP contribution in [0.3, 0.4) is 0 Å². The van der Waals surface area contributed by atoms with Crippen LogP contribution in [0.4, 0.5) is 0 Å². The van der Waals surface area contributed by atoms with Crippen molar-refractivity contribution < 1.29 is 14.3 Å². The predicted octanol–water partition coefficient (Wildman–Crippen LogP) is -1.30. The lowest BCUT2D eigenvalue weighted by atomic mass is 10.0. The molecular formula is C11H19N3O3. The van der Waals surface area contributed by atoms with Crippen molar-refractivity contribution in [2.45, 2.75) is 24.9 Å². The van der Waals surface area contributed by atoms with E-state index in [1.54, 1.807) is 4.90 Å². The zero-order chi connectivity index (χ0) is 12.4. The van der Waals surface area contributed by atoms with E-state index in [-0.39, 0.29) is 17.9 Å². The molecule has 96 valence electrons. The Labute approximate surface area is 100 Å². The quantitative estimate of drug-likeness (QED) is 0.643. The number of hydrogen-bond donors (Lipinski definition) is 2. The molecule has 2 fully saturated rings. The van der Waals surface area contributed by atoms with Crippen molar-refractivity contribution in [1.82, 2.24) is 10.2 Å². The Morgan fingerprint density at radius 3 is 2.82 bits per heavy atom. The average Bonchev–Trinajstić information content (AvgIpc) is 2.96. The van der Waals surface area contributed by atoms with Crippen molar-refractivity contribution in [1.29, 1.82) is 0 Å². The van der Waals surface area contributed by atoms with Gasteiger partial charge in [0, 0.05) is 12.6 Å². The zero-order valence-corrected chi connectivity index (χ0v) is 10.0. The van der Waals surface area contributed by atoms with Crippen LogP contribution in [0.25, 0.3) is 0 Å². The van der Waals surface area contributed by atoms with Crippen LogP contribution >= 0.6 is 0 Å². The summed E-state index contributed by atoms with van der Waals surface area (Å²) < 4.78 is 5.31. The summed E-state index contributed by atoms with van der Waals surface area (Å²) in [5.74, 6) is -0.612. The van der Waals surface area contributed by atoms with Gasteiger partial charge in [0.25, 0.3) is 0 Å². The number of nitrogens with one attached hydrogen (secondary N) is 1. The van der Waals surface area contributed by atoms with Crippen molar-refractivity contribution in [3.05, 3.63) is 0 Å². The van der Waals surface area contributed by atoms with E-state index in [4.69, 9.17) is 10.5 Å². The monoisotopic (exact) mass is 241 g/mol. The molecule has 2 aliphatic heterocycles. The molecule has 0 aromatic rings. The number of carbonyl (C=O) groups is 2. The molecule has 2 amide bonds. The maximum Gasteiger partial charge on any atom is 0.240 e. The molecule has 2 aliphatic rings. The summed E-state index contributed by atoms with van der Waals surface area (Å²) in [5.41, 5.74) is 5.31. The largest absolute Gasteiger partial charge is 0.379 e. The molecule has 0 spiro atoms. The number of rotatable bonds is 3. The van der Waals surface area contributed by atoms with Crippen molar-refractivity contribution >= 4 is 11.8 Å². The Balaban J connectivity index is 2.06. The zero-order valence-electron chi connectivity index (χ0n) is 10.0. The maximum absolute atomic E-state index is 12.3. The number of likely N-dealkylation sites (N-methyl/N-ethyl adjacent to an activating group) is 1. The van der Waals surface area contributed by atoms with Gasteiger partial charge < -0.3 is 20.7 Å². The summed E-state index contributed by atoms with van der Waals surface area (Å²) in [4.78, 5) is 25.2. The predicted molar refractivity (Wildman–Crippen MR) is 61.1 cm³/mol. The number of ether oxygens (including phenoxy) is 1. The van der Waals surface area contributed by atoms with E-state index in [1.165, 1.54) is 0 Å². The highest BCUT2D eigenvalue weighted by atomic mass is 16.5. The van der Waals surface area contributed by atoms with Gasteiger partial charge in [0.2, 0.25) is 11.8 Å². The van der Waals surface area contributed by atoms with E-state index < -0.39 is 11.9 Å². The van der Waals surface area contributed by atoms with Crippen LogP contribution in [-0.4, -0.2) is 55.6 Å². The molecule has 0 aliphatic carbocycles. The molecule has 2 saturated heterocycles. The van der Waals surface area contributed by atoms with Crippen LogP contribution in [0, 0.1) is 5.92 Å². The summed E-state index contributed by atoms with van der Waals surface area (Å²) in [7, 11) is 1.81. The second-order valence-electron chi connectivity index (χ2n) is 4.63. The number of nitrogens with zero attached hydrogens (tertiary/aromatic N) is 1. The van der Waals surface area contributed by atoms with E-state index in [2.05, 4.69) is 5.32 Å². The third-order valence-electron chi connectivity index (χ3n) is 3.63. The van der Waals surface area contributed by atoms with Crippen molar-refractivity contribution in [2.24, 2.45) is 11.7 Å². The first-order valence-electron chi connectivity index (χ1n) is 6.00. The van der Waals surface area contributed by atoms with Crippen LogP contribution in [0.15, 0.2) is 0 Å². The summed E-state index contributed by atoms with van der Waals surface area (Å²) in [6, 6.07) is -0.391. The first kappa shape index (κ1) is 12.3. The number of carbonyl (C=O) groups excluding carboxylic acids is 2. The fraction of sp³-hybridized carbons (Fsp3) is 0.818. The number of amides is 2. The average molecular weight is 241 g/mol. The first-order chi connectivity index (χ1) is 8.15. The van der Waals surface area contributed by atoms with Crippen LogP contribution in [0.5, 0.6) is 0 Å². The molecule has 0 aromatic heterocycles. The van der Waals surface area contributed by atoms with Gasteiger partial charge in [-0.1, -0.05) is 0 Å². The molecule has 3 unspecified atom stereocenters. The molecule has 0 saturated carbocycles. The van der Waals surface area contributed by atoms with Crippen LogP contribution in [-0.2, 0) is 14.3 Å². The minimum atomic E-state index is -0.430. The first-order valence-corrected chi connectivity index (χ1v) is 6.00. The van der Waals surface area contributed by atoms with Crippen molar-refractivity contribution in [3.63, 3.8) is 0 Å². The van der Waals surface area contributed by atoms with Gasteiger partial charge in [-0.05, 0) is 19.9 Å². The SMILES string of the molecule is CNC1COCC1C(=O)N1CCCC1C(N)=O. The van der Waals surface area contributed by atoms with Gasteiger partial charge in [-0.25, -0.2) is 0 Å². The summed E-state index contributed by atoms with van der Waals surface area (Å²) in [6.45, 7) is 1.59. The molecule has 0 bridgehead atoms. The third kappa shape index (κ3) is 2.28. The second kappa shape index (κ2) is 5.01. The molecule has 6 nitrogen and oxygen atoms in total. The second-order valence-corrected chi connectivity index (χ2v) is 4.63. The Morgan fingerprint density at radius 2 is 2.18 bits per heavy atom. The maximum atomic E-state index is 12.3. The summed E-state index contributed by atoms with van der Waals surface area (Å²) in [5, 5.41) is 3.07.